The van der Waals surface area contributed by atoms with Gasteiger partial charge in [0.05, 0.1) is 0 Å². The summed E-state index contributed by atoms with van der Waals surface area (Å²) in [6.45, 7) is 1.04. The number of halogens is 3. The summed E-state index contributed by atoms with van der Waals surface area (Å²) in [6.07, 6.45) is 1.10. The molecule has 1 N–H and O–H groups in total. The highest BCUT2D eigenvalue weighted by Crippen LogP contribution is 2.29. The third-order valence-electron chi connectivity index (χ3n) is 2.16. The van der Waals surface area contributed by atoms with E-state index in [9.17, 15) is 4.39 Å². The summed E-state index contributed by atoms with van der Waals surface area (Å²) in [5.74, 6) is -0.165. The molecule has 0 unspecified atom stereocenters. The predicted molar refractivity (Wildman–Crippen MR) is 56.7 cm³/mol. The van der Waals surface area contributed by atoms with E-state index in [-0.39, 0.29) is 18.2 Å². The molecule has 0 aromatic heterocycles. The van der Waals surface area contributed by atoms with Gasteiger partial charge in [-0.2, -0.15) is 0 Å². The third-order valence-corrected chi connectivity index (χ3v) is 2.88. The van der Waals surface area contributed by atoms with Crippen molar-refractivity contribution in [3.63, 3.8) is 0 Å². The second-order valence-corrected chi connectivity index (χ2v) is 3.82. The predicted octanol–water partition coefficient (Wildman–Crippen LogP) is 3.04. The van der Waals surface area contributed by atoms with Crippen LogP contribution in [-0.2, 0) is 0 Å². The number of hydrogen-bond acceptors (Lipinski definition) is 1. The van der Waals surface area contributed by atoms with Gasteiger partial charge in [0.25, 0.3) is 0 Å². The second kappa shape index (κ2) is 4.40. The average molecular weight is 267 g/mol. The van der Waals surface area contributed by atoms with Crippen LogP contribution in [0.25, 0.3) is 0 Å². The molecular formula is C9H10BrClFN. The first-order chi connectivity index (χ1) is 5.77. The Kier molecular flexibility index (Phi) is 3.71. The Hall–Kier alpha value is -0.120. The summed E-state index contributed by atoms with van der Waals surface area (Å²) in [7, 11) is 0. The molecule has 13 heavy (non-hydrogen) atoms. The molecule has 1 fully saturated rings. The smallest absolute Gasteiger partial charge is 0.123 e. The summed E-state index contributed by atoms with van der Waals surface area (Å²) < 4.78 is 13.8. The second-order valence-electron chi connectivity index (χ2n) is 2.96. The molecule has 2 rings (SSSR count). The van der Waals surface area contributed by atoms with E-state index in [2.05, 4.69) is 21.2 Å². The molecule has 1 heterocycles. The molecule has 0 aliphatic carbocycles. The minimum Gasteiger partial charge on any atom is -0.310 e. The zero-order valence-corrected chi connectivity index (χ0v) is 9.29. The van der Waals surface area contributed by atoms with E-state index in [0.717, 1.165) is 23.0 Å². The normalized spacial score (nSPS) is 20.3. The molecule has 1 atom stereocenters. The number of rotatable bonds is 1. The van der Waals surface area contributed by atoms with Gasteiger partial charge in [-0.05, 0) is 36.7 Å². The van der Waals surface area contributed by atoms with Crippen molar-refractivity contribution >= 4 is 28.3 Å². The Morgan fingerprint density at radius 3 is 2.69 bits per heavy atom. The number of nitrogens with one attached hydrogen (secondary N) is 1. The van der Waals surface area contributed by atoms with E-state index in [1.165, 1.54) is 6.07 Å². The molecule has 1 aromatic carbocycles. The lowest BCUT2D eigenvalue weighted by molar-refractivity contribution is 0.380. The van der Waals surface area contributed by atoms with Crippen LogP contribution in [0.1, 0.15) is 18.0 Å². The summed E-state index contributed by atoms with van der Waals surface area (Å²) in [4.78, 5) is 0. The maximum atomic E-state index is 12.8. The standard InChI is InChI=1S/C9H9BrFN.ClH/c10-8-2-1-6(11)5-7(8)9-3-4-12-9;/h1-2,5,9,12H,3-4H2;1H/t9-;/m0./s1. The first kappa shape index (κ1) is 11.0. The van der Waals surface area contributed by atoms with E-state index in [0.29, 0.717) is 6.04 Å². The average Bonchev–Trinajstić information content (AvgIpc) is 1.93. The lowest BCUT2D eigenvalue weighted by atomic mass is 9.98. The molecule has 1 aliphatic heterocycles. The van der Waals surface area contributed by atoms with Crippen molar-refractivity contribution in [3.05, 3.63) is 34.1 Å². The van der Waals surface area contributed by atoms with Crippen LogP contribution in [0.15, 0.2) is 22.7 Å². The molecule has 1 aromatic rings. The summed E-state index contributed by atoms with van der Waals surface area (Å²) >= 11 is 3.40. The molecule has 0 spiro atoms. The van der Waals surface area contributed by atoms with Gasteiger partial charge in [-0.25, -0.2) is 4.39 Å². The van der Waals surface area contributed by atoms with Gasteiger partial charge >= 0.3 is 0 Å². The van der Waals surface area contributed by atoms with E-state index >= 15 is 0 Å². The maximum Gasteiger partial charge on any atom is 0.123 e. The van der Waals surface area contributed by atoms with E-state index in [1.807, 2.05) is 0 Å². The van der Waals surface area contributed by atoms with Crippen LogP contribution in [0.5, 0.6) is 0 Å². The van der Waals surface area contributed by atoms with Crippen LogP contribution in [0.4, 0.5) is 4.39 Å². The van der Waals surface area contributed by atoms with Crippen LogP contribution in [0.3, 0.4) is 0 Å². The van der Waals surface area contributed by atoms with Crippen LogP contribution < -0.4 is 5.32 Å². The van der Waals surface area contributed by atoms with Gasteiger partial charge in [0.1, 0.15) is 5.82 Å². The van der Waals surface area contributed by atoms with Crippen LogP contribution in [-0.4, -0.2) is 6.54 Å². The van der Waals surface area contributed by atoms with Crippen molar-refractivity contribution in [2.45, 2.75) is 12.5 Å². The van der Waals surface area contributed by atoms with Crippen molar-refractivity contribution < 1.29 is 4.39 Å². The fourth-order valence-corrected chi connectivity index (χ4v) is 1.86. The van der Waals surface area contributed by atoms with E-state index in [4.69, 9.17) is 0 Å². The number of hydrogen-bond donors (Lipinski definition) is 1. The Balaban J connectivity index is 0.000000845. The molecular weight excluding hydrogens is 256 g/mol. The van der Waals surface area contributed by atoms with Gasteiger partial charge < -0.3 is 5.32 Å². The molecule has 1 aliphatic rings. The minimum absolute atomic E-state index is 0. The maximum absolute atomic E-state index is 12.8. The summed E-state index contributed by atoms with van der Waals surface area (Å²) in [5, 5.41) is 3.23. The molecule has 0 bridgehead atoms. The first-order valence-electron chi connectivity index (χ1n) is 3.96. The zero-order chi connectivity index (χ0) is 8.55. The highest BCUT2D eigenvalue weighted by Gasteiger charge is 2.20. The third kappa shape index (κ3) is 2.22. The largest absolute Gasteiger partial charge is 0.310 e. The molecule has 0 radical (unpaired) electrons. The van der Waals surface area contributed by atoms with Crippen molar-refractivity contribution in [1.29, 1.82) is 0 Å². The molecule has 4 heteroatoms. The van der Waals surface area contributed by atoms with Crippen LogP contribution >= 0.6 is 28.3 Å². The first-order valence-corrected chi connectivity index (χ1v) is 4.75. The van der Waals surface area contributed by atoms with Crippen molar-refractivity contribution in [3.8, 4) is 0 Å². The van der Waals surface area contributed by atoms with E-state index in [1.54, 1.807) is 12.1 Å². The van der Waals surface area contributed by atoms with Crippen LogP contribution in [0.2, 0.25) is 0 Å². The van der Waals surface area contributed by atoms with Gasteiger partial charge in [0, 0.05) is 10.5 Å². The van der Waals surface area contributed by atoms with Gasteiger partial charge in [0.2, 0.25) is 0 Å². The molecule has 72 valence electrons. The molecule has 1 nitrogen and oxygen atoms in total. The quantitative estimate of drug-likeness (QED) is 0.824. The van der Waals surface area contributed by atoms with Crippen molar-refractivity contribution in [2.75, 3.05) is 6.54 Å². The van der Waals surface area contributed by atoms with Crippen molar-refractivity contribution in [1.82, 2.24) is 5.32 Å². The van der Waals surface area contributed by atoms with Gasteiger partial charge in [-0.1, -0.05) is 15.9 Å². The van der Waals surface area contributed by atoms with Crippen molar-refractivity contribution in [2.24, 2.45) is 0 Å². The SMILES string of the molecule is Cl.Fc1ccc(Br)c([C@@H]2CCN2)c1. The molecule has 0 amide bonds. The van der Waals surface area contributed by atoms with Gasteiger partial charge in [0.15, 0.2) is 0 Å². The summed E-state index contributed by atoms with van der Waals surface area (Å²) in [5.41, 5.74) is 1.03. The Bertz CT molecular complexity index is 302. The number of benzene rings is 1. The van der Waals surface area contributed by atoms with Gasteiger partial charge in [-0.15, -0.1) is 12.4 Å². The lowest BCUT2D eigenvalue weighted by Gasteiger charge is -2.28. The highest BCUT2D eigenvalue weighted by molar-refractivity contribution is 9.10. The Morgan fingerprint density at radius 1 is 1.46 bits per heavy atom. The highest BCUT2D eigenvalue weighted by atomic mass is 79.9. The lowest BCUT2D eigenvalue weighted by Crippen LogP contribution is -2.35. The van der Waals surface area contributed by atoms with Gasteiger partial charge in [-0.3, -0.25) is 0 Å². The Labute approximate surface area is 91.3 Å². The topological polar surface area (TPSA) is 12.0 Å². The monoisotopic (exact) mass is 265 g/mol. The minimum atomic E-state index is -0.165. The summed E-state index contributed by atoms with van der Waals surface area (Å²) in [6, 6.07) is 5.15. The molecule has 0 saturated carbocycles. The fraction of sp³-hybridized carbons (Fsp3) is 0.333. The fourth-order valence-electron chi connectivity index (χ4n) is 1.34. The van der Waals surface area contributed by atoms with Crippen LogP contribution in [0, 0.1) is 5.82 Å². The Morgan fingerprint density at radius 2 is 2.15 bits per heavy atom. The van der Waals surface area contributed by atoms with E-state index < -0.39 is 0 Å². The molecule has 1 saturated heterocycles. The zero-order valence-electron chi connectivity index (χ0n) is 6.89.